The van der Waals surface area contributed by atoms with E-state index in [9.17, 15) is 4.79 Å². The molecular weight excluding hydrogens is 214 g/mol. The fourth-order valence-corrected chi connectivity index (χ4v) is 2.12. The van der Waals surface area contributed by atoms with E-state index < -0.39 is 0 Å². The number of nitrogens with two attached hydrogens (primary N) is 1. The van der Waals surface area contributed by atoms with Crippen molar-refractivity contribution in [2.75, 3.05) is 12.3 Å². The van der Waals surface area contributed by atoms with Crippen LogP contribution < -0.4 is 11.1 Å². The molecule has 1 aromatic rings. The first kappa shape index (κ1) is 11.8. The summed E-state index contributed by atoms with van der Waals surface area (Å²) >= 11 is 0. The van der Waals surface area contributed by atoms with Crippen LogP contribution >= 0.6 is 0 Å². The zero-order chi connectivity index (χ0) is 12.4. The van der Waals surface area contributed by atoms with E-state index in [0.717, 1.165) is 24.2 Å². The van der Waals surface area contributed by atoms with Gasteiger partial charge in [-0.2, -0.15) is 0 Å². The third-order valence-electron chi connectivity index (χ3n) is 3.01. The van der Waals surface area contributed by atoms with Gasteiger partial charge in [-0.1, -0.05) is 12.1 Å². The molecule has 4 nitrogen and oxygen atoms in total. The third kappa shape index (κ3) is 2.52. The minimum absolute atomic E-state index is 0.00565. The van der Waals surface area contributed by atoms with Crippen molar-refractivity contribution in [3.63, 3.8) is 0 Å². The number of anilines is 1. The Bertz CT molecular complexity index is 429. The third-order valence-corrected chi connectivity index (χ3v) is 3.01. The molecule has 1 aliphatic rings. The standard InChI is InChI=1S/C13H19N3O/c1-9(2)15-13(17)16-7-6-10-4-3-5-12(14)11(10)8-16/h3-5,9H,6-8,14H2,1-2H3,(H,15,17). The summed E-state index contributed by atoms with van der Waals surface area (Å²) in [5.41, 5.74) is 9.09. The van der Waals surface area contributed by atoms with Gasteiger partial charge < -0.3 is 16.0 Å². The lowest BCUT2D eigenvalue weighted by atomic mass is 9.98. The highest BCUT2D eigenvalue weighted by Crippen LogP contribution is 2.24. The molecule has 17 heavy (non-hydrogen) atoms. The van der Waals surface area contributed by atoms with Gasteiger partial charge in [-0.25, -0.2) is 4.79 Å². The van der Waals surface area contributed by atoms with Crippen LogP contribution in [0.15, 0.2) is 18.2 Å². The Morgan fingerprint density at radius 3 is 2.94 bits per heavy atom. The van der Waals surface area contributed by atoms with Crippen molar-refractivity contribution in [3.8, 4) is 0 Å². The van der Waals surface area contributed by atoms with E-state index >= 15 is 0 Å². The molecule has 0 saturated carbocycles. The summed E-state index contributed by atoms with van der Waals surface area (Å²) in [5.74, 6) is 0. The number of benzene rings is 1. The molecule has 1 aromatic carbocycles. The van der Waals surface area contributed by atoms with Gasteiger partial charge in [0.25, 0.3) is 0 Å². The van der Waals surface area contributed by atoms with Crippen molar-refractivity contribution in [2.45, 2.75) is 32.9 Å². The zero-order valence-corrected chi connectivity index (χ0v) is 10.4. The maximum Gasteiger partial charge on any atom is 0.317 e. The van der Waals surface area contributed by atoms with Crippen LogP contribution in [0.2, 0.25) is 0 Å². The van der Waals surface area contributed by atoms with Gasteiger partial charge in [0.15, 0.2) is 0 Å². The summed E-state index contributed by atoms with van der Waals surface area (Å²) in [6, 6.07) is 6.11. The second kappa shape index (κ2) is 4.65. The summed E-state index contributed by atoms with van der Waals surface area (Å²) < 4.78 is 0. The van der Waals surface area contributed by atoms with Crippen molar-refractivity contribution >= 4 is 11.7 Å². The van der Waals surface area contributed by atoms with Crippen LogP contribution in [0.1, 0.15) is 25.0 Å². The predicted octanol–water partition coefficient (Wildman–Crippen LogP) is 1.74. The van der Waals surface area contributed by atoms with Crippen LogP contribution in [0.4, 0.5) is 10.5 Å². The molecule has 2 rings (SSSR count). The van der Waals surface area contributed by atoms with Crippen molar-refractivity contribution in [1.29, 1.82) is 0 Å². The fourth-order valence-electron chi connectivity index (χ4n) is 2.12. The van der Waals surface area contributed by atoms with Crippen LogP contribution in [0.3, 0.4) is 0 Å². The van der Waals surface area contributed by atoms with Crippen LogP contribution in [0.5, 0.6) is 0 Å². The first-order valence-corrected chi connectivity index (χ1v) is 5.99. The van der Waals surface area contributed by atoms with E-state index in [4.69, 9.17) is 5.73 Å². The molecule has 4 heteroatoms. The van der Waals surface area contributed by atoms with Gasteiger partial charge >= 0.3 is 6.03 Å². The fraction of sp³-hybridized carbons (Fsp3) is 0.462. The molecule has 0 bridgehead atoms. The van der Waals surface area contributed by atoms with E-state index in [1.54, 1.807) is 0 Å². The predicted molar refractivity (Wildman–Crippen MR) is 68.6 cm³/mol. The number of fused-ring (bicyclic) bond motifs is 1. The molecule has 3 N–H and O–H groups in total. The maximum atomic E-state index is 11.9. The molecular formula is C13H19N3O. The normalized spacial score (nSPS) is 14.6. The maximum absolute atomic E-state index is 11.9. The molecule has 0 spiro atoms. The molecule has 0 unspecified atom stereocenters. The van der Waals surface area contributed by atoms with Gasteiger partial charge in [-0.3, -0.25) is 0 Å². The molecule has 0 radical (unpaired) electrons. The lowest BCUT2D eigenvalue weighted by molar-refractivity contribution is 0.190. The van der Waals surface area contributed by atoms with Crippen LogP contribution in [-0.2, 0) is 13.0 Å². The minimum Gasteiger partial charge on any atom is -0.398 e. The molecule has 1 heterocycles. The number of nitrogens with one attached hydrogen (secondary N) is 1. The lowest BCUT2D eigenvalue weighted by Gasteiger charge is -2.30. The van der Waals surface area contributed by atoms with E-state index in [2.05, 4.69) is 11.4 Å². The van der Waals surface area contributed by atoms with Crippen LogP contribution in [0.25, 0.3) is 0 Å². The van der Waals surface area contributed by atoms with Crippen LogP contribution in [0, 0.1) is 0 Å². The van der Waals surface area contributed by atoms with Gasteiger partial charge in [0.05, 0.1) is 0 Å². The molecule has 0 atom stereocenters. The Balaban J connectivity index is 2.13. The Morgan fingerprint density at radius 2 is 2.24 bits per heavy atom. The van der Waals surface area contributed by atoms with Gasteiger partial charge in [-0.05, 0) is 37.5 Å². The van der Waals surface area contributed by atoms with Crippen molar-refractivity contribution < 1.29 is 4.79 Å². The Kier molecular flexibility index (Phi) is 3.22. The number of urea groups is 1. The van der Waals surface area contributed by atoms with Gasteiger partial charge in [0, 0.05) is 24.8 Å². The number of hydrogen-bond acceptors (Lipinski definition) is 2. The number of hydrogen-bond donors (Lipinski definition) is 2. The largest absolute Gasteiger partial charge is 0.398 e. The average molecular weight is 233 g/mol. The zero-order valence-electron chi connectivity index (χ0n) is 10.4. The highest BCUT2D eigenvalue weighted by molar-refractivity contribution is 5.75. The van der Waals surface area contributed by atoms with E-state index in [0.29, 0.717) is 6.54 Å². The molecule has 0 aromatic heterocycles. The van der Waals surface area contributed by atoms with Crippen molar-refractivity contribution in [3.05, 3.63) is 29.3 Å². The number of amides is 2. The number of carbonyl (C=O) groups excluding carboxylic acids is 1. The number of nitrogens with zero attached hydrogens (tertiary/aromatic N) is 1. The molecule has 0 fully saturated rings. The SMILES string of the molecule is CC(C)NC(=O)N1CCc2cccc(N)c2C1. The van der Waals surface area contributed by atoms with Gasteiger partial charge in [0.1, 0.15) is 0 Å². The molecule has 0 aliphatic carbocycles. The van der Waals surface area contributed by atoms with Crippen molar-refractivity contribution in [1.82, 2.24) is 10.2 Å². The smallest absolute Gasteiger partial charge is 0.317 e. The Labute approximate surface area is 102 Å². The summed E-state index contributed by atoms with van der Waals surface area (Å²) in [7, 11) is 0. The topological polar surface area (TPSA) is 58.4 Å². The lowest BCUT2D eigenvalue weighted by Crippen LogP contribution is -2.45. The van der Waals surface area contributed by atoms with E-state index in [-0.39, 0.29) is 12.1 Å². The van der Waals surface area contributed by atoms with E-state index in [1.165, 1.54) is 5.56 Å². The second-order valence-electron chi connectivity index (χ2n) is 4.76. The second-order valence-corrected chi connectivity index (χ2v) is 4.76. The Morgan fingerprint density at radius 1 is 1.47 bits per heavy atom. The van der Waals surface area contributed by atoms with Gasteiger partial charge in [-0.15, -0.1) is 0 Å². The summed E-state index contributed by atoms with van der Waals surface area (Å²) in [4.78, 5) is 13.7. The average Bonchev–Trinajstić information content (AvgIpc) is 2.28. The highest BCUT2D eigenvalue weighted by atomic mass is 16.2. The van der Waals surface area contributed by atoms with E-state index in [1.807, 2.05) is 30.9 Å². The summed E-state index contributed by atoms with van der Waals surface area (Å²) in [6.45, 7) is 5.30. The number of rotatable bonds is 1. The summed E-state index contributed by atoms with van der Waals surface area (Å²) in [6.07, 6.45) is 0.881. The van der Waals surface area contributed by atoms with Crippen LogP contribution in [-0.4, -0.2) is 23.5 Å². The molecule has 0 saturated heterocycles. The van der Waals surface area contributed by atoms with Crippen molar-refractivity contribution in [2.24, 2.45) is 0 Å². The number of carbonyl (C=O) groups is 1. The molecule has 92 valence electrons. The minimum atomic E-state index is -0.00565. The first-order valence-electron chi connectivity index (χ1n) is 5.99. The summed E-state index contributed by atoms with van der Waals surface area (Å²) in [5, 5.41) is 2.91. The quantitative estimate of drug-likeness (QED) is 0.726. The first-order chi connectivity index (χ1) is 8.08. The molecule has 2 amide bonds. The monoisotopic (exact) mass is 233 g/mol. The Hall–Kier alpha value is -1.71. The molecule has 1 aliphatic heterocycles. The number of nitrogen functional groups attached to an aromatic ring is 1. The van der Waals surface area contributed by atoms with Gasteiger partial charge in [0.2, 0.25) is 0 Å². The highest BCUT2D eigenvalue weighted by Gasteiger charge is 2.22.